The van der Waals surface area contributed by atoms with Gasteiger partial charge in [0.2, 0.25) is 0 Å². The van der Waals surface area contributed by atoms with Crippen LogP contribution in [0.1, 0.15) is 24.8 Å². The molecular formula is C23H30N2O5. The van der Waals surface area contributed by atoms with Crippen LogP contribution in [0.3, 0.4) is 0 Å². The lowest BCUT2D eigenvalue weighted by Gasteiger charge is -2.45. The zero-order chi connectivity index (χ0) is 20.9. The third kappa shape index (κ3) is 4.74. The van der Waals surface area contributed by atoms with Crippen LogP contribution in [0, 0.1) is 5.92 Å². The summed E-state index contributed by atoms with van der Waals surface area (Å²) in [6.45, 7) is 5.75. The van der Waals surface area contributed by atoms with Gasteiger partial charge in [0, 0.05) is 50.7 Å². The van der Waals surface area contributed by atoms with Crippen LogP contribution < -0.4 is 5.43 Å². The Balaban J connectivity index is 1.47. The molecule has 2 fully saturated rings. The predicted octanol–water partition coefficient (Wildman–Crippen LogP) is 2.27. The van der Waals surface area contributed by atoms with Gasteiger partial charge in [0.1, 0.15) is 5.58 Å². The Hall–Kier alpha value is -2.22. The van der Waals surface area contributed by atoms with Crippen molar-refractivity contribution in [3.63, 3.8) is 0 Å². The van der Waals surface area contributed by atoms with E-state index in [9.17, 15) is 9.59 Å². The Labute approximate surface area is 176 Å². The number of fused-ring (bicyclic) bond motifs is 1. The number of hydrogen-bond donors (Lipinski definition) is 0. The lowest BCUT2D eigenvalue weighted by atomic mass is 9.86. The molecule has 0 radical (unpaired) electrons. The van der Waals surface area contributed by atoms with E-state index in [1.807, 2.05) is 24.3 Å². The van der Waals surface area contributed by atoms with Gasteiger partial charge in [-0.1, -0.05) is 12.1 Å². The maximum atomic E-state index is 12.9. The molecule has 1 aromatic carbocycles. The maximum absolute atomic E-state index is 12.9. The van der Waals surface area contributed by atoms with Gasteiger partial charge in [-0.05, 0) is 30.9 Å². The Morgan fingerprint density at radius 1 is 1.20 bits per heavy atom. The van der Waals surface area contributed by atoms with Crippen LogP contribution in [0.4, 0.5) is 0 Å². The van der Waals surface area contributed by atoms with Crippen LogP contribution in [-0.4, -0.2) is 68.3 Å². The second kappa shape index (κ2) is 9.73. The summed E-state index contributed by atoms with van der Waals surface area (Å²) in [5.41, 5.74) is 1.34. The number of morpholine rings is 1. The van der Waals surface area contributed by atoms with Crippen molar-refractivity contribution < 1.29 is 18.7 Å². The molecule has 0 saturated carbocycles. The minimum absolute atomic E-state index is 0.0401. The van der Waals surface area contributed by atoms with E-state index in [4.69, 9.17) is 13.9 Å². The molecular weight excluding hydrogens is 384 g/mol. The zero-order valence-electron chi connectivity index (χ0n) is 17.5. The van der Waals surface area contributed by atoms with E-state index < -0.39 is 0 Å². The molecule has 30 heavy (non-hydrogen) atoms. The highest BCUT2D eigenvalue weighted by molar-refractivity contribution is 5.76. The minimum Gasteiger partial charge on any atom is -0.469 e. The number of hydrogen-bond acceptors (Lipinski definition) is 7. The van der Waals surface area contributed by atoms with Gasteiger partial charge in [0.25, 0.3) is 0 Å². The molecule has 0 N–H and O–H groups in total. The number of likely N-dealkylation sites (tertiary alicyclic amines) is 1. The molecule has 7 nitrogen and oxygen atoms in total. The van der Waals surface area contributed by atoms with Crippen molar-refractivity contribution in [3.05, 3.63) is 46.3 Å². The highest BCUT2D eigenvalue weighted by Crippen LogP contribution is 2.28. The molecule has 0 unspecified atom stereocenters. The SMILES string of the molecule is COC(=O)CC[C@H]1CN(Cc2coc3ccccc3c2=O)CC[C@H]1N1CCOCC1. The Morgan fingerprint density at radius 3 is 2.80 bits per heavy atom. The summed E-state index contributed by atoms with van der Waals surface area (Å²) in [5, 5.41) is 0.625. The van der Waals surface area contributed by atoms with Crippen LogP contribution >= 0.6 is 0 Å². The van der Waals surface area contributed by atoms with Crippen molar-refractivity contribution in [2.24, 2.45) is 5.92 Å². The van der Waals surface area contributed by atoms with E-state index in [1.54, 1.807) is 6.26 Å². The summed E-state index contributed by atoms with van der Waals surface area (Å²) in [5.74, 6) is 0.187. The zero-order valence-corrected chi connectivity index (χ0v) is 17.5. The van der Waals surface area contributed by atoms with Crippen molar-refractivity contribution in [2.75, 3.05) is 46.5 Å². The molecule has 0 amide bonds. The second-order valence-electron chi connectivity index (χ2n) is 8.20. The van der Waals surface area contributed by atoms with Crippen molar-refractivity contribution >= 4 is 16.9 Å². The molecule has 2 saturated heterocycles. The van der Waals surface area contributed by atoms with Crippen molar-refractivity contribution in [1.29, 1.82) is 0 Å². The van der Waals surface area contributed by atoms with Crippen molar-refractivity contribution in [1.82, 2.24) is 9.80 Å². The van der Waals surface area contributed by atoms with Crippen molar-refractivity contribution in [2.45, 2.75) is 31.8 Å². The molecule has 2 atom stereocenters. The fourth-order valence-corrected chi connectivity index (χ4v) is 4.79. The summed E-state index contributed by atoms with van der Waals surface area (Å²) in [4.78, 5) is 29.5. The number of piperidine rings is 1. The first-order chi connectivity index (χ1) is 14.7. The van der Waals surface area contributed by atoms with Crippen LogP contribution in [0.25, 0.3) is 11.0 Å². The van der Waals surface area contributed by atoms with Gasteiger partial charge in [-0.25, -0.2) is 0 Å². The molecule has 0 bridgehead atoms. The topological polar surface area (TPSA) is 72.2 Å². The van der Waals surface area contributed by atoms with Gasteiger partial charge < -0.3 is 13.9 Å². The third-order valence-corrected chi connectivity index (χ3v) is 6.39. The summed E-state index contributed by atoms with van der Waals surface area (Å²) in [7, 11) is 1.44. The number of carbonyl (C=O) groups excluding carboxylic acids is 1. The standard InChI is InChI=1S/C23H30N2O5/c1-28-22(26)7-6-17-14-24(9-8-20(17)25-10-12-29-13-11-25)15-18-16-30-21-5-3-2-4-19(21)23(18)27/h2-5,16-17,20H,6-15H2,1H3/t17-,20+/m0/s1. The van der Waals surface area contributed by atoms with E-state index in [1.165, 1.54) is 7.11 Å². The largest absolute Gasteiger partial charge is 0.469 e. The number of rotatable bonds is 6. The monoisotopic (exact) mass is 414 g/mol. The summed E-state index contributed by atoms with van der Waals surface area (Å²) < 4.78 is 16.1. The third-order valence-electron chi connectivity index (χ3n) is 6.39. The van der Waals surface area contributed by atoms with E-state index in [2.05, 4.69) is 9.80 Å². The lowest BCUT2D eigenvalue weighted by molar-refractivity contribution is -0.141. The predicted molar refractivity (Wildman–Crippen MR) is 113 cm³/mol. The van der Waals surface area contributed by atoms with Crippen molar-refractivity contribution in [3.8, 4) is 0 Å². The number of methoxy groups -OCH3 is 1. The number of esters is 1. The van der Waals surface area contributed by atoms with Gasteiger partial charge in [0.05, 0.1) is 32.0 Å². The molecule has 2 aromatic rings. The number of ether oxygens (including phenoxy) is 2. The van der Waals surface area contributed by atoms with Crippen LogP contribution in [0.2, 0.25) is 0 Å². The average Bonchev–Trinajstić information content (AvgIpc) is 2.80. The first-order valence-corrected chi connectivity index (χ1v) is 10.8. The molecule has 162 valence electrons. The van der Waals surface area contributed by atoms with Gasteiger partial charge >= 0.3 is 5.97 Å². The Bertz CT molecular complexity index is 921. The summed E-state index contributed by atoms with van der Waals surface area (Å²) in [6.07, 6.45) is 3.83. The first-order valence-electron chi connectivity index (χ1n) is 10.8. The minimum atomic E-state index is -0.164. The van der Waals surface area contributed by atoms with Crippen LogP contribution in [0.15, 0.2) is 39.7 Å². The molecule has 2 aliphatic rings. The number of para-hydroxylation sites is 1. The summed E-state index contributed by atoms with van der Waals surface area (Å²) >= 11 is 0. The second-order valence-corrected chi connectivity index (χ2v) is 8.20. The number of carbonyl (C=O) groups is 1. The lowest BCUT2D eigenvalue weighted by Crippen LogP contribution is -2.54. The highest BCUT2D eigenvalue weighted by atomic mass is 16.5. The van der Waals surface area contributed by atoms with Gasteiger partial charge in [-0.15, -0.1) is 0 Å². The molecule has 3 heterocycles. The fraction of sp³-hybridized carbons (Fsp3) is 0.565. The van der Waals surface area contributed by atoms with Gasteiger partial charge in [-0.2, -0.15) is 0 Å². The van der Waals surface area contributed by atoms with E-state index in [0.717, 1.165) is 52.2 Å². The van der Waals surface area contributed by atoms with Gasteiger partial charge in [-0.3, -0.25) is 19.4 Å². The van der Waals surface area contributed by atoms with E-state index >= 15 is 0 Å². The highest BCUT2D eigenvalue weighted by Gasteiger charge is 2.34. The van der Waals surface area contributed by atoms with E-state index in [-0.39, 0.29) is 11.4 Å². The first kappa shape index (κ1) is 21.0. The Morgan fingerprint density at radius 2 is 2.00 bits per heavy atom. The molecule has 1 aromatic heterocycles. The quantitative estimate of drug-likeness (QED) is 0.672. The number of nitrogens with zero attached hydrogens (tertiary/aromatic N) is 2. The fourth-order valence-electron chi connectivity index (χ4n) is 4.79. The van der Waals surface area contributed by atoms with Gasteiger partial charge in [0.15, 0.2) is 5.43 Å². The molecule has 2 aliphatic heterocycles. The molecule has 0 spiro atoms. The summed E-state index contributed by atoms with van der Waals surface area (Å²) in [6, 6.07) is 7.79. The van der Waals surface area contributed by atoms with E-state index in [0.29, 0.717) is 41.5 Å². The van der Waals surface area contributed by atoms with Crippen LogP contribution in [0.5, 0.6) is 0 Å². The Kier molecular flexibility index (Phi) is 6.82. The molecule has 0 aliphatic carbocycles. The average molecular weight is 415 g/mol. The van der Waals surface area contributed by atoms with Crippen LogP contribution in [-0.2, 0) is 20.8 Å². The maximum Gasteiger partial charge on any atom is 0.305 e. The normalized spacial score (nSPS) is 23.5. The molecule has 7 heteroatoms. The smallest absolute Gasteiger partial charge is 0.305 e. The number of benzene rings is 1. The molecule has 4 rings (SSSR count).